The third kappa shape index (κ3) is 2.71. The molecule has 0 saturated heterocycles. The van der Waals surface area contributed by atoms with Gasteiger partial charge in [0, 0.05) is 6.07 Å². The predicted octanol–water partition coefficient (Wildman–Crippen LogP) is 5.81. The second-order valence-corrected chi connectivity index (χ2v) is 6.59. The molecule has 0 radical (unpaired) electrons. The molecule has 4 heteroatoms. The number of pyridine rings is 1. The van der Waals surface area contributed by atoms with Crippen molar-refractivity contribution < 1.29 is 17.7 Å². The van der Waals surface area contributed by atoms with Gasteiger partial charge in [-0.1, -0.05) is 30.3 Å². The number of rotatable bonds is 1. The highest BCUT2D eigenvalue weighted by atomic mass is 19.4. The number of aryl methyl sites for hydroxylation is 2. The van der Waals surface area contributed by atoms with Gasteiger partial charge in [-0.05, 0) is 52.9 Å². The summed E-state index contributed by atoms with van der Waals surface area (Å²) in [6, 6.07) is 18.0. The minimum Gasteiger partial charge on any atom is -0.200 e. The van der Waals surface area contributed by atoms with Crippen molar-refractivity contribution in [3.8, 4) is 11.3 Å². The van der Waals surface area contributed by atoms with Crippen LogP contribution in [0.4, 0.5) is 13.2 Å². The standard InChI is InChI=1S/C22H17F3N/c1-14-11-15-5-3-4-6-16(15)13-20(14)21-19-8-7-18(22(23,24)25)12-17(19)9-10-26(21)2/h3-13H,1-2H3/q+1. The molecular weight excluding hydrogens is 335 g/mol. The number of aromatic nitrogens is 1. The summed E-state index contributed by atoms with van der Waals surface area (Å²) in [5.74, 6) is 0. The van der Waals surface area contributed by atoms with E-state index in [0.29, 0.717) is 5.39 Å². The first kappa shape index (κ1) is 16.6. The Morgan fingerprint density at radius 3 is 2.19 bits per heavy atom. The van der Waals surface area contributed by atoms with Gasteiger partial charge in [0.1, 0.15) is 7.05 Å². The van der Waals surface area contributed by atoms with E-state index in [4.69, 9.17) is 0 Å². The smallest absolute Gasteiger partial charge is 0.200 e. The summed E-state index contributed by atoms with van der Waals surface area (Å²) in [6.45, 7) is 2.03. The zero-order chi connectivity index (χ0) is 18.5. The maximum Gasteiger partial charge on any atom is 0.416 e. The Kier molecular flexibility index (Phi) is 3.72. The summed E-state index contributed by atoms with van der Waals surface area (Å²) in [4.78, 5) is 0. The van der Waals surface area contributed by atoms with Crippen molar-refractivity contribution in [3.05, 3.63) is 78.0 Å². The maximum atomic E-state index is 13.1. The van der Waals surface area contributed by atoms with Crippen LogP contribution in [0.25, 0.3) is 32.8 Å². The topological polar surface area (TPSA) is 3.88 Å². The highest BCUT2D eigenvalue weighted by Gasteiger charge is 2.31. The Morgan fingerprint density at radius 1 is 0.808 bits per heavy atom. The normalized spacial score (nSPS) is 12.0. The van der Waals surface area contributed by atoms with Crippen LogP contribution in [-0.4, -0.2) is 0 Å². The van der Waals surface area contributed by atoms with E-state index >= 15 is 0 Å². The van der Waals surface area contributed by atoms with Gasteiger partial charge in [0.15, 0.2) is 6.20 Å². The average molecular weight is 352 g/mol. The first-order valence-corrected chi connectivity index (χ1v) is 8.34. The second kappa shape index (κ2) is 5.84. The number of benzene rings is 3. The molecule has 1 nitrogen and oxygen atoms in total. The zero-order valence-electron chi connectivity index (χ0n) is 14.4. The Labute approximate surface area is 149 Å². The molecule has 0 unspecified atom stereocenters. The van der Waals surface area contributed by atoms with Gasteiger partial charge in [-0.3, -0.25) is 0 Å². The summed E-state index contributed by atoms with van der Waals surface area (Å²) in [6.07, 6.45) is -2.53. The first-order valence-electron chi connectivity index (χ1n) is 8.34. The fraction of sp³-hybridized carbons (Fsp3) is 0.136. The van der Waals surface area contributed by atoms with Gasteiger partial charge >= 0.3 is 6.18 Å². The lowest BCUT2D eigenvalue weighted by Gasteiger charge is -2.11. The quantitative estimate of drug-likeness (QED) is 0.381. The number of halogens is 3. The monoisotopic (exact) mass is 352 g/mol. The van der Waals surface area contributed by atoms with Crippen LogP contribution >= 0.6 is 0 Å². The summed E-state index contributed by atoms with van der Waals surface area (Å²) in [5, 5.41) is 3.65. The largest absolute Gasteiger partial charge is 0.416 e. The molecule has 1 heterocycles. The van der Waals surface area contributed by atoms with Gasteiger partial charge in [-0.15, -0.1) is 0 Å². The molecule has 0 atom stereocenters. The van der Waals surface area contributed by atoms with E-state index in [2.05, 4.69) is 18.2 Å². The fourth-order valence-corrected chi connectivity index (χ4v) is 3.49. The van der Waals surface area contributed by atoms with E-state index < -0.39 is 11.7 Å². The van der Waals surface area contributed by atoms with Gasteiger partial charge < -0.3 is 0 Å². The molecule has 0 fully saturated rings. The molecule has 130 valence electrons. The van der Waals surface area contributed by atoms with Crippen molar-refractivity contribution in [1.82, 2.24) is 0 Å². The SMILES string of the molecule is Cc1cc2ccccc2cc1-c1c2ccc(C(F)(F)F)cc2cc[n+]1C. The van der Waals surface area contributed by atoms with Crippen molar-refractivity contribution >= 4 is 21.5 Å². The van der Waals surface area contributed by atoms with Crippen LogP contribution in [0.15, 0.2) is 66.9 Å². The molecule has 0 saturated carbocycles. The van der Waals surface area contributed by atoms with Crippen LogP contribution in [0.1, 0.15) is 11.1 Å². The van der Waals surface area contributed by atoms with Crippen molar-refractivity contribution in [3.63, 3.8) is 0 Å². The number of hydrogen-bond acceptors (Lipinski definition) is 0. The van der Waals surface area contributed by atoms with Crippen LogP contribution in [0, 0.1) is 6.92 Å². The lowest BCUT2D eigenvalue weighted by molar-refractivity contribution is -0.659. The Balaban J connectivity index is 2.02. The Morgan fingerprint density at radius 2 is 1.50 bits per heavy atom. The van der Waals surface area contributed by atoms with Gasteiger partial charge in [-0.2, -0.15) is 13.2 Å². The highest BCUT2D eigenvalue weighted by Crippen LogP contribution is 2.35. The molecule has 0 bridgehead atoms. The van der Waals surface area contributed by atoms with Gasteiger partial charge in [0.05, 0.1) is 16.5 Å². The zero-order valence-corrected chi connectivity index (χ0v) is 14.4. The Hall–Kier alpha value is -2.88. The van der Waals surface area contributed by atoms with Gasteiger partial charge in [-0.25, -0.2) is 4.57 Å². The van der Waals surface area contributed by atoms with E-state index in [9.17, 15) is 13.2 Å². The molecule has 3 aromatic carbocycles. The van der Waals surface area contributed by atoms with Crippen molar-refractivity contribution in [2.75, 3.05) is 0 Å². The van der Waals surface area contributed by atoms with Crippen molar-refractivity contribution in [2.45, 2.75) is 13.1 Å². The minimum absolute atomic E-state index is 0.584. The molecule has 0 amide bonds. The van der Waals surface area contributed by atoms with Crippen molar-refractivity contribution in [2.24, 2.45) is 7.05 Å². The third-order valence-corrected chi connectivity index (χ3v) is 4.81. The number of nitrogens with zero attached hydrogens (tertiary/aromatic N) is 1. The van der Waals surface area contributed by atoms with Crippen LogP contribution in [0.3, 0.4) is 0 Å². The molecule has 4 aromatic rings. The van der Waals surface area contributed by atoms with E-state index in [-0.39, 0.29) is 0 Å². The molecule has 0 spiro atoms. The molecule has 0 aliphatic heterocycles. The second-order valence-electron chi connectivity index (χ2n) is 6.59. The summed E-state index contributed by atoms with van der Waals surface area (Å²) >= 11 is 0. The van der Waals surface area contributed by atoms with Crippen LogP contribution in [0.5, 0.6) is 0 Å². The molecule has 0 N–H and O–H groups in total. The molecular formula is C22H17F3N+. The Bertz CT molecular complexity index is 1140. The summed E-state index contributed by atoms with van der Waals surface area (Å²) in [5.41, 5.74) is 2.41. The van der Waals surface area contributed by atoms with Crippen molar-refractivity contribution in [1.29, 1.82) is 0 Å². The van der Waals surface area contributed by atoms with Crippen LogP contribution in [0.2, 0.25) is 0 Å². The lowest BCUT2D eigenvalue weighted by atomic mass is 9.95. The molecule has 1 aromatic heterocycles. The lowest BCUT2D eigenvalue weighted by Crippen LogP contribution is -2.30. The minimum atomic E-state index is -4.34. The highest BCUT2D eigenvalue weighted by molar-refractivity contribution is 5.97. The van der Waals surface area contributed by atoms with E-state index in [0.717, 1.165) is 39.0 Å². The first-order chi connectivity index (χ1) is 12.3. The van der Waals surface area contributed by atoms with Gasteiger partial charge in [0.25, 0.3) is 0 Å². The average Bonchev–Trinajstić information content (AvgIpc) is 2.60. The van der Waals surface area contributed by atoms with Gasteiger partial charge in [0.2, 0.25) is 5.69 Å². The number of hydrogen-bond donors (Lipinski definition) is 0. The summed E-state index contributed by atoms with van der Waals surface area (Å²) in [7, 11) is 1.92. The van der Waals surface area contributed by atoms with E-state index in [1.165, 1.54) is 6.07 Å². The fourth-order valence-electron chi connectivity index (χ4n) is 3.49. The van der Waals surface area contributed by atoms with Crippen LogP contribution in [-0.2, 0) is 13.2 Å². The molecule has 4 rings (SSSR count). The van der Waals surface area contributed by atoms with Crippen LogP contribution < -0.4 is 4.57 Å². The number of fused-ring (bicyclic) bond motifs is 2. The van der Waals surface area contributed by atoms with E-state index in [1.54, 1.807) is 12.1 Å². The third-order valence-electron chi connectivity index (χ3n) is 4.81. The molecule has 0 aliphatic carbocycles. The number of alkyl halides is 3. The summed E-state index contributed by atoms with van der Waals surface area (Å²) < 4.78 is 41.1. The molecule has 0 aliphatic rings. The predicted molar refractivity (Wildman–Crippen MR) is 97.8 cm³/mol. The van der Waals surface area contributed by atoms with E-state index in [1.807, 2.05) is 42.9 Å². The maximum absolute atomic E-state index is 13.1. The molecule has 26 heavy (non-hydrogen) atoms.